The van der Waals surface area contributed by atoms with Gasteiger partial charge in [-0.1, -0.05) is 12.1 Å². The Kier molecular flexibility index (Phi) is 2.61. The standard InChI is InChI=1S/C12H13F2N3/c1-12(2,14)10-7(4-3-5-9(10)13)8-6-16-17-11(8)15/h3-6H,1-2H3,(H3,15,16,17). The SMILES string of the molecule is CC(C)(F)c1c(F)cccc1-c1cn[nH]c1N. The Morgan fingerprint density at radius 1 is 1.29 bits per heavy atom. The molecule has 0 unspecified atom stereocenters. The summed E-state index contributed by atoms with van der Waals surface area (Å²) >= 11 is 0. The normalized spacial score (nSPS) is 11.8. The molecule has 0 radical (unpaired) electrons. The van der Waals surface area contributed by atoms with Crippen LogP contribution in [0.25, 0.3) is 11.1 Å². The molecule has 0 bridgehead atoms. The van der Waals surface area contributed by atoms with Crippen LogP contribution in [0.2, 0.25) is 0 Å². The predicted octanol–water partition coefficient (Wildman–Crippen LogP) is 3.00. The van der Waals surface area contributed by atoms with Gasteiger partial charge in [0.05, 0.1) is 6.20 Å². The van der Waals surface area contributed by atoms with Gasteiger partial charge >= 0.3 is 0 Å². The molecule has 3 nitrogen and oxygen atoms in total. The zero-order chi connectivity index (χ0) is 12.6. The number of hydrogen-bond acceptors (Lipinski definition) is 2. The largest absolute Gasteiger partial charge is 0.384 e. The number of anilines is 1. The molecule has 0 saturated heterocycles. The Balaban J connectivity index is 2.71. The van der Waals surface area contributed by atoms with Crippen LogP contribution in [0.5, 0.6) is 0 Å². The lowest BCUT2D eigenvalue weighted by atomic mass is 9.91. The second kappa shape index (κ2) is 3.84. The first-order valence-electron chi connectivity index (χ1n) is 5.18. The Labute approximate surface area is 97.7 Å². The molecule has 0 aliphatic heterocycles. The van der Waals surface area contributed by atoms with Crippen molar-refractivity contribution in [1.29, 1.82) is 0 Å². The number of rotatable bonds is 2. The third kappa shape index (κ3) is 2.00. The van der Waals surface area contributed by atoms with E-state index in [0.29, 0.717) is 16.9 Å². The number of nitrogens with one attached hydrogen (secondary N) is 1. The van der Waals surface area contributed by atoms with Crippen molar-refractivity contribution in [3.63, 3.8) is 0 Å². The summed E-state index contributed by atoms with van der Waals surface area (Å²) in [7, 11) is 0. The Hall–Kier alpha value is -1.91. The highest BCUT2D eigenvalue weighted by molar-refractivity contribution is 5.76. The van der Waals surface area contributed by atoms with E-state index in [9.17, 15) is 8.78 Å². The highest BCUT2D eigenvalue weighted by Crippen LogP contribution is 2.37. The summed E-state index contributed by atoms with van der Waals surface area (Å²) in [6.07, 6.45) is 1.46. The molecule has 0 amide bonds. The smallest absolute Gasteiger partial charge is 0.133 e. The molecule has 90 valence electrons. The van der Waals surface area contributed by atoms with Crippen molar-refractivity contribution in [3.8, 4) is 11.1 Å². The van der Waals surface area contributed by atoms with Gasteiger partial charge in [-0.2, -0.15) is 5.10 Å². The van der Waals surface area contributed by atoms with E-state index in [1.165, 1.54) is 32.2 Å². The second-order valence-electron chi connectivity index (χ2n) is 4.33. The van der Waals surface area contributed by atoms with Crippen LogP contribution >= 0.6 is 0 Å². The molecule has 5 heteroatoms. The summed E-state index contributed by atoms with van der Waals surface area (Å²) in [6.45, 7) is 2.62. The minimum Gasteiger partial charge on any atom is -0.384 e. The fourth-order valence-corrected chi connectivity index (χ4v) is 1.86. The molecule has 2 rings (SSSR count). The molecular formula is C12H13F2N3. The lowest BCUT2D eigenvalue weighted by Gasteiger charge is -2.19. The third-order valence-corrected chi connectivity index (χ3v) is 2.57. The maximum Gasteiger partial charge on any atom is 0.133 e. The minimum absolute atomic E-state index is 0.00639. The van der Waals surface area contributed by atoms with Crippen molar-refractivity contribution < 1.29 is 8.78 Å². The summed E-state index contributed by atoms with van der Waals surface area (Å²) in [4.78, 5) is 0. The average molecular weight is 237 g/mol. The molecule has 0 atom stereocenters. The predicted molar refractivity (Wildman–Crippen MR) is 62.5 cm³/mol. The van der Waals surface area contributed by atoms with Crippen LogP contribution in [0.1, 0.15) is 19.4 Å². The minimum atomic E-state index is -1.79. The lowest BCUT2D eigenvalue weighted by molar-refractivity contribution is 0.215. The van der Waals surface area contributed by atoms with Crippen LogP contribution in [0.3, 0.4) is 0 Å². The Morgan fingerprint density at radius 3 is 2.53 bits per heavy atom. The van der Waals surface area contributed by atoms with E-state index >= 15 is 0 Å². The molecule has 0 spiro atoms. The van der Waals surface area contributed by atoms with E-state index in [1.807, 2.05) is 0 Å². The van der Waals surface area contributed by atoms with Crippen molar-refractivity contribution in [3.05, 3.63) is 35.8 Å². The number of halogens is 2. The van der Waals surface area contributed by atoms with Gasteiger partial charge in [0.2, 0.25) is 0 Å². The summed E-state index contributed by atoms with van der Waals surface area (Å²) in [5.41, 5.74) is 4.80. The van der Waals surface area contributed by atoms with Crippen molar-refractivity contribution in [2.24, 2.45) is 0 Å². The highest BCUT2D eigenvalue weighted by Gasteiger charge is 2.27. The zero-order valence-corrected chi connectivity index (χ0v) is 9.59. The highest BCUT2D eigenvalue weighted by atomic mass is 19.1. The lowest BCUT2D eigenvalue weighted by Crippen LogP contribution is -2.13. The number of hydrogen-bond donors (Lipinski definition) is 2. The molecule has 0 saturated carbocycles. The molecule has 17 heavy (non-hydrogen) atoms. The summed E-state index contributed by atoms with van der Waals surface area (Å²) in [5, 5.41) is 6.30. The van der Waals surface area contributed by atoms with Gasteiger partial charge in [-0.05, 0) is 25.5 Å². The van der Waals surface area contributed by atoms with Crippen LogP contribution in [-0.2, 0) is 5.67 Å². The van der Waals surface area contributed by atoms with Gasteiger partial charge in [0, 0.05) is 11.1 Å². The fourth-order valence-electron chi connectivity index (χ4n) is 1.86. The number of nitrogens with two attached hydrogens (primary N) is 1. The number of aromatic amines is 1. The number of aromatic nitrogens is 2. The molecule has 1 heterocycles. The van der Waals surface area contributed by atoms with Crippen LogP contribution in [0.4, 0.5) is 14.6 Å². The first-order chi connectivity index (χ1) is 7.91. The topological polar surface area (TPSA) is 54.7 Å². The van der Waals surface area contributed by atoms with Crippen molar-refractivity contribution in [2.45, 2.75) is 19.5 Å². The van der Waals surface area contributed by atoms with Gasteiger partial charge in [0.25, 0.3) is 0 Å². The van der Waals surface area contributed by atoms with Gasteiger partial charge in [-0.3, -0.25) is 5.10 Å². The number of nitrogens with zero attached hydrogens (tertiary/aromatic N) is 1. The molecule has 1 aromatic heterocycles. The Morgan fingerprint density at radius 2 is 2.00 bits per heavy atom. The van der Waals surface area contributed by atoms with E-state index in [2.05, 4.69) is 10.2 Å². The van der Waals surface area contributed by atoms with Crippen LogP contribution in [0.15, 0.2) is 24.4 Å². The first-order valence-corrected chi connectivity index (χ1v) is 5.18. The van der Waals surface area contributed by atoms with Gasteiger partial charge in [-0.15, -0.1) is 0 Å². The first kappa shape index (κ1) is 11.6. The van der Waals surface area contributed by atoms with Gasteiger partial charge in [0.1, 0.15) is 17.3 Å². The van der Waals surface area contributed by atoms with Crippen LogP contribution in [-0.4, -0.2) is 10.2 Å². The van der Waals surface area contributed by atoms with Gasteiger partial charge in [-0.25, -0.2) is 8.78 Å². The van der Waals surface area contributed by atoms with Crippen molar-refractivity contribution >= 4 is 5.82 Å². The van der Waals surface area contributed by atoms with E-state index < -0.39 is 11.5 Å². The third-order valence-electron chi connectivity index (χ3n) is 2.57. The quantitative estimate of drug-likeness (QED) is 0.843. The molecule has 2 aromatic rings. The number of nitrogen functional groups attached to an aromatic ring is 1. The van der Waals surface area contributed by atoms with E-state index in [0.717, 1.165) is 0 Å². The molecule has 0 aliphatic rings. The second-order valence-corrected chi connectivity index (χ2v) is 4.33. The summed E-state index contributed by atoms with van der Waals surface area (Å²) < 4.78 is 27.8. The van der Waals surface area contributed by atoms with E-state index in [-0.39, 0.29) is 5.56 Å². The zero-order valence-electron chi connectivity index (χ0n) is 9.59. The monoisotopic (exact) mass is 237 g/mol. The van der Waals surface area contributed by atoms with Crippen LogP contribution < -0.4 is 5.73 Å². The maximum absolute atomic E-state index is 14.1. The average Bonchev–Trinajstić information content (AvgIpc) is 2.62. The molecule has 0 fully saturated rings. The fraction of sp³-hybridized carbons (Fsp3) is 0.250. The summed E-state index contributed by atoms with van der Waals surface area (Å²) in [6, 6.07) is 4.38. The van der Waals surface area contributed by atoms with Crippen molar-refractivity contribution in [1.82, 2.24) is 10.2 Å². The molecular weight excluding hydrogens is 224 g/mol. The summed E-state index contributed by atoms with van der Waals surface area (Å²) in [5.74, 6) is -0.295. The molecule has 1 aromatic carbocycles. The number of benzene rings is 1. The Bertz CT molecular complexity index is 541. The van der Waals surface area contributed by atoms with Crippen LogP contribution in [0, 0.1) is 5.82 Å². The van der Waals surface area contributed by atoms with Gasteiger partial charge in [0.15, 0.2) is 0 Å². The molecule has 3 N–H and O–H groups in total. The maximum atomic E-state index is 14.1. The number of H-pyrrole nitrogens is 1. The van der Waals surface area contributed by atoms with E-state index in [4.69, 9.17) is 5.73 Å². The number of alkyl halides is 1. The van der Waals surface area contributed by atoms with Gasteiger partial charge < -0.3 is 5.73 Å². The molecule has 0 aliphatic carbocycles. The van der Waals surface area contributed by atoms with E-state index in [1.54, 1.807) is 6.07 Å². The van der Waals surface area contributed by atoms with Crippen molar-refractivity contribution in [2.75, 3.05) is 5.73 Å².